The fourth-order valence-electron chi connectivity index (χ4n) is 2.07. The Kier molecular flexibility index (Phi) is 11.0. The highest BCUT2D eigenvalue weighted by atomic mass is 35.5. The molecular formula is C17H29ClN4O2. The highest BCUT2D eigenvalue weighted by molar-refractivity contribution is 6.30. The lowest BCUT2D eigenvalue weighted by Crippen LogP contribution is -2.42. The fourth-order valence-corrected chi connectivity index (χ4v) is 2.25. The Morgan fingerprint density at radius 3 is 2.71 bits per heavy atom. The second-order valence-corrected chi connectivity index (χ2v) is 5.82. The van der Waals surface area contributed by atoms with Crippen LogP contribution in [-0.4, -0.2) is 71.5 Å². The molecule has 0 spiro atoms. The first-order valence-electron chi connectivity index (χ1n) is 8.16. The van der Waals surface area contributed by atoms with Gasteiger partial charge in [0, 0.05) is 45.4 Å². The van der Waals surface area contributed by atoms with Crippen molar-refractivity contribution >= 4 is 17.6 Å². The van der Waals surface area contributed by atoms with E-state index in [1.165, 1.54) is 0 Å². The lowest BCUT2D eigenvalue weighted by molar-refractivity contribution is 0.180. The number of ether oxygens (including phenoxy) is 2. The van der Waals surface area contributed by atoms with E-state index in [0.717, 1.165) is 44.4 Å². The van der Waals surface area contributed by atoms with Crippen molar-refractivity contribution in [1.29, 1.82) is 0 Å². The second kappa shape index (κ2) is 12.9. The molecule has 0 amide bonds. The Labute approximate surface area is 150 Å². The number of likely N-dealkylation sites (N-methyl/N-ethyl adjacent to an activating group) is 1. The van der Waals surface area contributed by atoms with Gasteiger partial charge in [0.05, 0.1) is 6.54 Å². The van der Waals surface area contributed by atoms with Crippen molar-refractivity contribution in [2.45, 2.75) is 6.42 Å². The lowest BCUT2D eigenvalue weighted by atomic mass is 10.3. The average Bonchev–Trinajstić information content (AvgIpc) is 2.57. The van der Waals surface area contributed by atoms with Crippen LogP contribution in [0.4, 0.5) is 0 Å². The Bertz CT molecular complexity index is 485. The summed E-state index contributed by atoms with van der Waals surface area (Å²) in [5.74, 6) is 1.54. The van der Waals surface area contributed by atoms with Gasteiger partial charge in [-0.2, -0.15) is 0 Å². The number of benzene rings is 1. The van der Waals surface area contributed by atoms with Crippen molar-refractivity contribution in [3.63, 3.8) is 0 Å². The van der Waals surface area contributed by atoms with Gasteiger partial charge in [-0.3, -0.25) is 4.99 Å². The van der Waals surface area contributed by atoms with E-state index in [1.54, 1.807) is 20.2 Å². The maximum Gasteiger partial charge on any atom is 0.191 e. The minimum absolute atomic E-state index is 0.540. The SMILES string of the molecule is CN=C(NCCOc1cccc(Cl)c1)NCCN(C)CCCOC. The molecule has 0 bridgehead atoms. The van der Waals surface area contributed by atoms with Crippen LogP contribution in [0.5, 0.6) is 5.75 Å². The third-order valence-corrected chi connectivity index (χ3v) is 3.59. The van der Waals surface area contributed by atoms with Crippen molar-refractivity contribution in [2.75, 3.05) is 60.6 Å². The summed E-state index contributed by atoms with van der Waals surface area (Å²) in [4.78, 5) is 6.46. The van der Waals surface area contributed by atoms with Crippen LogP contribution in [0, 0.1) is 0 Å². The molecule has 0 radical (unpaired) electrons. The van der Waals surface area contributed by atoms with Crippen LogP contribution in [0.2, 0.25) is 5.02 Å². The molecule has 0 saturated heterocycles. The number of hydrogen-bond donors (Lipinski definition) is 2. The van der Waals surface area contributed by atoms with Gasteiger partial charge in [-0.15, -0.1) is 0 Å². The molecule has 24 heavy (non-hydrogen) atoms. The van der Waals surface area contributed by atoms with Crippen molar-refractivity contribution in [2.24, 2.45) is 4.99 Å². The number of guanidine groups is 1. The van der Waals surface area contributed by atoms with Crippen molar-refractivity contribution in [1.82, 2.24) is 15.5 Å². The van der Waals surface area contributed by atoms with E-state index < -0.39 is 0 Å². The van der Waals surface area contributed by atoms with Gasteiger partial charge in [0.1, 0.15) is 12.4 Å². The topological polar surface area (TPSA) is 58.1 Å². The number of rotatable bonds is 11. The van der Waals surface area contributed by atoms with E-state index >= 15 is 0 Å². The summed E-state index contributed by atoms with van der Waals surface area (Å²) in [6, 6.07) is 7.38. The third-order valence-electron chi connectivity index (χ3n) is 3.36. The number of halogens is 1. The van der Waals surface area contributed by atoms with E-state index in [9.17, 15) is 0 Å². The molecule has 0 aliphatic heterocycles. The van der Waals surface area contributed by atoms with Crippen molar-refractivity contribution in [3.8, 4) is 5.75 Å². The van der Waals surface area contributed by atoms with Crippen LogP contribution in [0.1, 0.15) is 6.42 Å². The Hall–Kier alpha value is -1.50. The van der Waals surface area contributed by atoms with Gasteiger partial charge >= 0.3 is 0 Å². The second-order valence-electron chi connectivity index (χ2n) is 5.38. The molecule has 136 valence electrons. The summed E-state index contributed by atoms with van der Waals surface area (Å²) in [6.07, 6.45) is 1.04. The summed E-state index contributed by atoms with van der Waals surface area (Å²) in [7, 11) is 5.59. The van der Waals surface area contributed by atoms with Gasteiger partial charge in [-0.25, -0.2) is 0 Å². The molecule has 0 heterocycles. The summed E-state index contributed by atoms with van der Waals surface area (Å²) in [5, 5.41) is 7.18. The summed E-state index contributed by atoms with van der Waals surface area (Å²) in [5.41, 5.74) is 0. The monoisotopic (exact) mass is 356 g/mol. The number of nitrogens with one attached hydrogen (secondary N) is 2. The summed E-state index contributed by atoms with van der Waals surface area (Å²) in [6.45, 7) is 4.80. The molecule has 0 aromatic heterocycles. The largest absolute Gasteiger partial charge is 0.492 e. The first-order chi connectivity index (χ1) is 11.7. The van der Waals surface area contributed by atoms with E-state index in [2.05, 4.69) is 27.6 Å². The smallest absolute Gasteiger partial charge is 0.191 e. The van der Waals surface area contributed by atoms with Crippen molar-refractivity contribution < 1.29 is 9.47 Å². The Morgan fingerprint density at radius 1 is 1.21 bits per heavy atom. The molecule has 0 saturated carbocycles. The molecule has 1 rings (SSSR count). The van der Waals surface area contributed by atoms with Crippen molar-refractivity contribution in [3.05, 3.63) is 29.3 Å². The third kappa shape index (κ3) is 9.60. The maximum absolute atomic E-state index is 5.92. The maximum atomic E-state index is 5.92. The van der Waals surface area contributed by atoms with E-state index in [1.807, 2.05) is 18.2 Å². The molecule has 0 fully saturated rings. The quantitative estimate of drug-likeness (QED) is 0.360. The van der Waals surface area contributed by atoms with E-state index in [0.29, 0.717) is 18.2 Å². The molecule has 0 unspecified atom stereocenters. The molecule has 2 N–H and O–H groups in total. The van der Waals surface area contributed by atoms with Gasteiger partial charge < -0.3 is 25.0 Å². The molecular weight excluding hydrogens is 328 g/mol. The predicted octanol–water partition coefficient (Wildman–Crippen LogP) is 1.85. The van der Waals surface area contributed by atoms with Crippen LogP contribution in [0.25, 0.3) is 0 Å². The molecule has 0 aliphatic carbocycles. The predicted molar refractivity (Wildman–Crippen MR) is 100 cm³/mol. The van der Waals surface area contributed by atoms with Gasteiger partial charge in [0.25, 0.3) is 0 Å². The summed E-state index contributed by atoms with van der Waals surface area (Å²) >= 11 is 5.92. The van der Waals surface area contributed by atoms with E-state index in [-0.39, 0.29) is 0 Å². The Balaban J connectivity index is 2.12. The van der Waals surface area contributed by atoms with Gasteiger partial charge in [0.2, 0.25) is 0 Å². The zero-order chi connectivity index (χ0) is 17.6. The minimum atomic E-state index is 0.540. The van der Waals surface area contributed by atoms with Crippen LogP contribution in [0.15, 0.2) is 29.3 Å². The molecule has 1 aromatic carbocycles. The number of aliphatic imine (C=N–C) groups is 1. The number of methoxy groups -OCH3 is 1. The van der Waals surface area contributed by atoms with Crippen LogP contribution in [-0.2, 0) is 4.74 Å². The molecule has 0 aliphatic rings. The van der Waals surface area contributed by atoms with Gasteiger partial charge in [-0.05, 0) is 31.7 Å². The lowest BCUT2D eigenvalue weighted by Gasteiger charge is -2.18. The Morgan fingerprint density at radius 2 is 2.00 bits per heavy atom. The zero-order valence-electron chi connectivity index (χ0n) is 14.8. The normalized spacial score (nSPS) is 11.6. The molecule has 7 heteroatoms. The standard InChI is InChI=1S/C17H29ClN4O2/c1-19-17(20-8-11-22(2)10-5-12-23-3)21-9-13-24-16-7-4-6-15(18)14-16/h4,6-7,14H,5,8-13H2,1-3H3,(H2,19,20,21). The zero-order valence-corrected chi connectivity index (χ0v) is 15.6. The average molecular weight is 357 g/mol. The van der Waals surface area contributed by atoms with Crippen LogP contribution >= 0.6 is 11.6 Å². The summed E-state index contributed by atoms with van der Waals surface area (Å²) < 4.78 is 10.7. The first kappa shape index (κ1) is 20.5. The molecule has 1 aromatic rings. The molecule has 6 nitrogen and oxygen atoms in total. The van der Waals surface area contributed by atoms with Gasteiger partial charge in [0.15, 0.2) is 5.96 Å². The highest BCUT2D eigenvalue weighted by Gasteiger charge is 2.01. The van der Waals surface area contributed by atoms with Crippen LogP contribution < -0.4 is 15.4 Å². The fraction of sp³-hybridized carbons (Fsp3) is 0.588. The highest BCUT2D eigenvalue weighted by Crippen LogP contribution is 2.16. The van der Waals surface area contributed by atoms with Gasteiger partial charge in [-0.1, -0.05) is 17.7 Å². The number of hydrogen-bond acceptors (Lipinski definition) is 4. The number of nitrogens with zero attached hydrogens (tertiary/aromatic N) is 2. The molecule has 0 atom stereocenters. The van der Waals surface area contributed by atoms with E-state index in [4.69, 9.17) is 21.1 Å². The minimum Gasteiger partial charge on any atom is -0.492 e. The first-order valence-corrected chi connectivity index (χ1v) is 8.54. The van der Waals surface area contributed by atoms with Crippen LogP contribution in [0.3, 0.4) is 0 Å².